The molecule has 1 unspecified atom stereocenters. The summed E-state index contributed by atoms with van der Waals surface area (Å²) < 4.78 is 5.27. The molecule has 7 nitrogen and oxygen atoms in total. The number of nitrogens with two attached hydrogens (primary N) is 1. The zero-order valence-electron chi connectivity index (χ0n) is 12.0. The molecule has 0 fully saturated rings. The fraction of sp³-hybridized carbons (Fsp3) is 0.133. The number of nitriles is 2. The van der Waals surface area contributed by atoms with Gasteiger partial charge in [0.1, 0.15) is 29.9 Å². The highest BCUT2D eigenvalue weighted by Gasteiger charge is 2.15. The van der Waals surface area contributed by atoms with Crippen LogP contribution >= 0.6 is 11.8 Å². The Kier molecular flexibility index (Phi) is 3.83. The van der Waals surface area contributed by atoms with Gasteiger partial charge in [0, 0.05) is 11.5 Å². The molecule has 0 radical (unpaired) electrons. The van der Waals surface area contributed by atoms with Gasteiger partial charge in [-0.1, -0.05) is 11.8 Å². The maximum absolute atomic E-state index is 9.08. The third kappa shape index (κ3) is 2.93. The highest BCUT2D eigenvalue weighted by atomic mass is 32.2. The Hall–Kier alpha value is -3.10. The number of aromatic nitrogens is 3. The van der Waals surface area contributed by atoms with Gasteiger partial charge in [-0.3, -0.25) is 4.98 Å². The molecule has 0 amide bonds. The van der Waals surface area contributed by atoms with Crippen molar-refractivity contribution in [3.63, 3.8) is 0 Å². The van der Waals surface area contributed by atoms with Gasteiger partial charge in [0.05, 0.1) is 22.7 Å². The van der Waals surface area contributed by atoms with E-state index in [0.717, 1.165) is 11.1 Å². The summed E-state index contributed by atoms with van der Waals surface area (Å²) in [6, 6.07) is 7.26. The van der Waals surface area contributed by atoms with E-state index in [0.29, 0.717) is 16.3 Å². The summed E-state index contributed by atoms with van der Waals surface area (Å²) in [6.07, 6.45) is 3.00. The van der Waals surface area contributed by atoms with Gasteiger partial charge in [-0.15, -0.1) is 0 Å². The van der Waals surface area contributed by atoms with Crippen LogP contribution in [0.15, 0.2) is 34.2 Å². The fourth-order valence-electron chi connectivity index (χ4n) is 2.03. The number of thioether (sulfide) groups is 1. The lowest BCUT2D eigenvalue weighted by Crippen LogP contribution is -1.99. The molecule has 0 aromatic carbocycles. The van der Waals surface area contributed by atoms with Crippen LogP contribution in [-0.4, -0.2) is 15.0 Å². The summed E-state index contributed by atoms with van der Waals surface area (Å²) in [6.45, 7) is 1.93. The van der Waals surface area contributed by atoms with Crippen molar-refractivity contribution in [1.82, 2.24) is 15.0 Å². The third-order valence-electron chi connectivity index (χ3n) is 3.14. The van der Waals surface area contributed by atoms with Crippen LogP contribution in [0.4, 0.5) is 5.82 Å². The third-order valence-corrected chi connectivity index (χ3v) is 4.13. The second-order valence-electron chi connectivity index (χ2n) is 4.70. The lowest BCUT2D eigenvalue weighted by atomic mass is 10.2. The first-order chi connectivity index (χ1) is 11.1. The molecule has 0 bridgehead atoms. The van der Waals surface area contributed by atoms with Gasteiger partial charge >= 0.3 is 0 Å². The monoisotopic (exact) mass is 322 g/mol. The lowest BCUT2D eigenvalue weighted by Gasteiger charge is -2.10. The quantitative estimate of drug-likeness (QED) is 0.576. The minimum absolute atomic E-state index is 0.0887. The molecule has 8 heteroatoms. The molecule has 3 rings (SSSR count). The Morgan fingerprint density at radius 3 is 2.83 bits per heavy atom. The molecule has 0 aliphatic carbocycles. The van der Waals surface area contributed by atoms with Crippen LogP contribution in [0.3, 0.4) is 0 Å². The van der Waals surface area contributed by atoms with Crippen molar-refractivity contribution in [2.45, 2.75) is 17.3 Å². The van der Waals surface area contributed by atoms with Gasteiger partial charge in [-0.25, -0.2) is 9.97 Å². The summed E-state index contributed by atoms with van der Waals surface area (Å²) >= 11 is 1.34. The predicted octanol–water partition coefficient (Wildman–Crippen LogP) is 2.80. The summed E-state index contributed by atoms with van der Waals surface area (Å²) in [5.74, 6) is 0.247. The van der Waals surface area contributed by atoms with E-state index in [2.05, 4.69) is 21.0 Å². The number of fused-ring (bicyclic) bond motifs is 1. The predicted molar refractivity (Wildman–Crippen MR) is 84.2 cm³/mol. The number of nitrogen functional groups attached to an aromatic ring is 1. The zero-order chi connectivity index (χ0) is 16.4. The minimum atomic E-state index is -0.0887. The largest absolute Gasteiger partial charge is 0.461 e. The number of furan rings is 1. The van der Waals surface area contributed by atoms with E-state index in [9.17, 15) is 0 Å². The van der Waals surface area contributed by atoms with Crippen molar-refractivity contribution in [2.24, 2.45) is 0 Å². The van der Waals surface area contributed by atoms with Crippen molar-refractivity contribution in [1.29, 1.82) is 10.5 Å². The zero-order valence-corrected chi connectivity index (χ0v) is 12.8. The number of hydrogen-bond donors (Lipinski definition) is 1. The number of pyridine rings is 1. The molecule has 2 N–H and O–H groups in total. The van der Waals surface area contributed by atoms with Crippen LogP contribution < -0.4 is 5.73 Å². The van der Waals surface area contributed by atoms with Gasteiger partial charge in [0.25, 0.3) is 0 Å². The summed E-state index contributed by atoms with van der Waals surface area (Å²) in [7, 11) is 0. The highest BCUT2D eigenvalue weighted by molar-refractivity contribution is 7.99. The second kappa shape index (κ2) is 5.95. The fourth-order valence-corrected chi connectivity index (χ4v) is 2.90. The Labute approximate surface area is 135 Å². The van der Waals surface area contributed by atoms with Crippen LogP contribution in [0.1, 0.15) is 29.1 Å². The molecular weight excluding hydrogens is 312 g/mol. The van der Waals surface area contributed by atoms with Crippen molar-refractivity contribution >= 4 is 28.5 Å². The van der Waals surface area contributed by atoms with E-state index >= 15 is 0 Å². The van der Waals surface area contributed by atoms with Crippen LogP contribution in [0.5, 0.6) is 0 Å². The van der Waals surface area contributed by atoms with E-state index < -0.39 is 0 Å². The Balaban J connectivity index is 1.92. The van der Waals surface area contributed by atoms with Gasteiger partial charge in [0.2, 0.25) is 0 Å². The minimum Gasteiger partial charge on any atom is -0.461 e. The molecule has 3 aromatic rings. The second-order valence-corrected chi connectivity index (χ2v) is 6.01. The van der Waals surface area contributed by atoms with Crippen molar-refractivity contribution in [3.05, 3.63) is 41.5 Å². The molecule has 112 valence electrons. The van der Waals surface area contributed by atoms with Crippen LogP contribution in [0, 0.1) is 22.7 Å². The normalized spacial score (nSPS) is 11.8. The topological polar surface area (TPSA) is 125 Å². The molecule has 0 saturated carbocycles. The highest BCUT2D eigenvalue weighted by Crippen LogP contribution is 2.34. The van der Waals surface area contributed by atoms with Gasteiger partial charge in [-0.2, -0.15) is 10.5 Å². The smallest absolute Gasteiger partial charge is 0.191 e. The molecule has 0 aliphatic rings. The first-order valence-corrected chi connectivity index (χ1v) is 7.47. The van der Waals surface area contributed by atoms with Gasteiger partial charge in [-0.05, 0) is 13.0 Å². The summed E-state index contributed by atoms with van der Waals surface area (Å²) in [5.41, 5.74) is 7.67. The summed E-state index contributed by atoms with van der Waals surface area (Å²) in [4.78, 5) is 12.6. The van der Waals surface area contributed by atoms with E-state index in [1.165, 1.54) is 24.1 Å². The van der Waals surface area contributed by atoms with Gasteiger partial charge in [0.15, 0.2) is 10.7 Å². The number of hydrogen-bond acceptors (Lipinski definition) is 8. The Morgan fingerprint density at radius 1 is 1.26 bits per heavy atom. The molecular formula is C15H10N6OS. The molecule has 3 heterocycles. The van der Waals surface area contributed by atoms with Crippen molar-refractivity contribution in [2.75, 3.05) is 5.73 Å². The maximum Gasteiger partial charge on any atom is 0.191 e. The van der Waals surface area contributed by atoms with E-state index in [4.69, 9.17) is 20.7 Å². The Morgan fingerprint density at radius 2 is 2.09 bits per heavy atom. The average molecular weight is 322 g/mol. The van der Waals surface area contributed by atoms with E-state index in [-0.39, 0.29) is 16.8 Å². The first kappa shape index (κ1) is 14.8. The number of nitrogens with zero attached hydrogens (tertiary/aromatic N) is 5. The molecule has 23 heavy (non-hydrogen) atoms. The molecule has 0 saturated heterocycles. The lowest BCUT2D eigenvalue weighted by molar-refractivity contribution is 0.612. The van der Waals surface area contributed by atoms with Crippen LogP contribution in [-0.2, 0) is 0 Å². The molecule has 0 aliphatic heterocycles. The molecule has 0 spiro atoms. The SMILES string of the molecule is CC(Sc1nc(N)cc(C#N)n1)c1cc2c(C#N)coc2cn1. The maximum atomic E-state index is 9.08. The van der Waals surface area contributed by atoms with E-state index in [1.54, 1.807) is 6.20 Å². The van der Waals surface area contributed by atoms with Gasteiger partial charge < -0.3 is 10.2 Å². The number of rotatable bonds is 3. The Bertz CT molecular complexity index is 968. The molecule has 1 atom stereocenters. The van der Waals surface area contributed by atoms with Crippen molar-refractivity contribution in [3.8, 4) is 12.1 Å². The van der Waals surface area contributed by atoms with Crippen molar-refractivity contribution < 1.29 is 4.42 Å². The van der Waals surface area contributed by atoms with Crippen LogP contribution in [0.25, 0.3) is 11.0 Å². The average Bonchev–Trinajstić information content (AvgIpc) is 2.96. The first-order valence-electron chi connectivity index (χ1n) is 6.59. The molecule has 3 aromatic heterocycles. The number of anilines is 1. The van der Waals surface area contributed by atoms with Crippen LogP contribution in [0.2, 0.25) is 0 Å². The standard InChI is InChI=1S/C15H10N6OS/c1-8(23-15-20-10(5-17)2-14(18)21-15)12-3-11-9(4-16)7-22-13(11)6-19-12/h2-3,6-8H,1H3,(H2,18,20,21). The van der Waals surface area contributed by atoms with E-state index in [1.807, 2.05) is 19.1 Å². The summed E-state index contributed by atoms with van der Waals surface area (Å²) in [5, 5.41) is 19.0.